The van der Waals surface area contributed by atoms with Gasteiger partial charge in [0.25, 0.3) is 0 Å². The summed E-state index contributed by atoms with van der Waals surface area (Å²) < 4.78 is 69.4. The second kappa shape index (κ2) is 5.40. The Hall–Kier alpha value is 0.0500. The van der Waals surface area contributed by atoms with Crippen LogP contribution < -0.4 is 29.6 Å². The molecular weight excluding hydrogens is 247 g/mol. The first-order valence-corrected chi connectivity index (χ1v) is 4.36. The van der Waals surface area contributed by atoms with Crippen molar-refractivity contribution in [2.24, 2.45) is 0 Å². The van der Waals surface area contributed by atoms with Crippen LogP contribution in [0.4, 0.5) is 17.6 Å². The van der Waals surface area contributed by atoms with E-state index in [9.17, 15) is 26.3 Å². The van der Waals surface area contributed by atoms with Crippen molar-refractivity contribution >= 4 is 11.1 Å². The predicted molar refractivity (Wildman–Crippen MR) is 38.6 cm³/mol. The molecule has 0 heterocycles. The molecule has 0 fully saturated rings. The fourth-order valence-electron chi connectivity index (χ4n) is 0.807. The molecule has 0 N–H and O–H groups in total. The Morgan fingerprint density at radius 1 is 1.27 bits per heavy atom. The largest absolute Gasteiger partial charge is 1.00 e. The van der Waals surface area contributed by atoms with E-state index < -0.39 is 33.5 Å². The van der Waals surface area contributed by atoms with E-state index in [0.717, 1.165) is 0 Å². The smallest absolute Gasteiger partial charge is 0.768 e. The summed E-state index contributed by atoms with van der Waals surface area (Å²) in [5.74, 6) is -1.20. The zero-order chi connectivity index (χ0) is 10.9. The van der Waals surface area contributed by atoms with Crippen molar-refractivity contribution in [1.82, 2.24) is 0 Å². The van der Waals surface area contributed by atoms with E-state index in [0.29, 0.717) is 12.1 Å². The van der Waals surface area contributed by atoms with Crippen LogP contribution in [-0.4, -0.2) is 8.76 Å². The van der Waals surface area contributed by atoms with Crippen LogP contribution in [-0.2, 0) is 17.3 Å². The Morgan fingerprint density at radius 3 is 2.20 bits per heavy atom. The summed E-state index contributed by atoms with van der Waals surface area (Å²) in [6, 6.07) is 1.19. The molecule has 0 aliphatic heterocycles. The normalized spacial score (nSPS) is 13.1. The minimum absolute atomic E-state index is 0. The third kappa shape index (κ3) is 3.84. The Kier molecular flexibility index (Phi) is 5.42. The van der Waals surface area contributed by atoms with Gasteiger partial charge in [-0.25, -0.2) is 4.39 Å². The maximum absolute atomic E-state index is 12.6. The van der Waals surface area contributed by atoms with Gasteiger partial charge in [-0.2, -0.15) is 13.2 Å². The molecule has 0 radical (unpaired) electrons. The van der Waals surface area contributed by atoms with Crippen molar-refractivity contribution in [3.05, 3.63) is 29.6 Å². The molecule has 1 atom stereocenters. The maximum Gasteiger partial charge on any atom is 1.00 e. The van der Waals surface area contributed by atoms with Crippen LogP contribution in [0.3, 0.4) is 0 Å². The van der Waals surface area contributed by atoms with Gasteiger partial charge < -0.3 is 4.55 Å². The van der Waals surface area contributed by atoms with E-state index in [4.69, 9.17) is 0 Å². The van der Waals surface area contributed by atoms with Crippen molar-refractivity contribution in [3.63, 3.8) is 0 Å². The minimum atomic E-state index is -4.68. The average Bonchev–Trinajstić information content (AvgIpc) is 2.02. The molecule has 0 spiro atoms. The quantitative estimate of drug-likeness (QED) is 0.367. The standard InChI is InChI=1S/C7H4F4O2S.Na/c8-5-2-1-4(7(9,10)11)3-6(5)14(12)13;/h1-3H,(H,12,13);/q;+1/p-1. The van der Waals surface area contributed by atoms with E-state index in [-0.39, 0.29) is 35.6 Å². The number of rotatable bonds is 1. The molecule has 1 unspecified atom stereocenters. The molecular formula is C7H3F4NaO2S. The summed E-state index contributed by atoms with van der Waals surface area (Å²) in [5, 5.41) is 0. The van der Waals surface area contributed by atoms with Gasteiger partial charge in [-0.1, -0.05) is 0 Å². The summed E-state index contributed by atoms with van der Waals surface area (Å²) in [6.45, 7) is 0. The molecule has 1 aromatic rings. The molecule has 0 aromatic heterocycles. The van der Waals surface area contributed by atoms with E-state index in [1.807, 2.05) is 0 Å². The summed E-state index contributed by atoms with van der Waals surface area (Å²) >= 11 is -3.01. The number of hydrogen-bond acceptors (Lipinski definition) is 2. The van der Waals surface area contributed by atoms with Gasteiger partial charge in [-0.3, -0.25) is 4.21 Å². The van der Waals surface area contributed by atoms with Gasteiger partial charge in [-0.15, -0.1) is 0 Å². The molecule has 0 aliphatic rings. The molecule has 0 amide bonds. The zero-order valence-electron chi connectivity index (χ0n) is 7.47. The van der Waals surface area contributed by atoms with Gasteiger partial charge in [0, 0.05) is 0 Å². The van der Waals surface area contributed by atoms with Gasteiger partial charge >= 0.3 is 35.7 Å². The summed E-state index contributed by atoms with van der Waals surface area (Å²) in [5.41, 5.74) is -1.20. The first-order chi connectivity index (χ1) is 6.32. The number of halogens is 4. The minimum Gasteiger partial charge on any atom is -0.768 e. The van der Waals surface area contributed by atoms with Crippen LogP contribution in [0.15, 0.2) is 23.1 Å². The predicted octanol–water partition coefficient (Wildman–Crippen LogP) is -0.913. The molecule has 0 saturated carbocycles. The summed E-state index contributed by atoms with van der Waals surface area (Å²) in [4.78, 5) is -0.986. The van der Waals surface area contributed by atoms with Gasteiger partial charge in [0.1, 0.15) is 5.82 Å². The Bertz CT molecular complexity index is 380. The maximum atomic E-state index is 12.6. The number of benzene rings is 1. The van der Waals surface area contributed by atoms with Crippen molar-refractivity contribution in [2.75, 3.05) is 0 Å². The van der Waals surface area contributed by atoms with Crippen LogP contribution >= 0.6 is 0 Å². The first kappa shape index (κ1) is 15.0. The van der Waals surface area contributed by atoms with Crippen LogP contribution in [0.25, 0.3) is 0 Å². The average molecular weight is 250 g/mol. The van der Waals surface area contributed by atoms with E-state index in [2.05, 4.69) is 0 Å². The fourth-order valence-corrected chi connectivity index (χ4v) is 1.26. The van der Waals surface area contributed by atoms with E-state index >= 15 is 0 Å². The summed E-state index contributed by atoms with van der Waals surface area (Å²) in [7, 11) is 0. The summed E-state index contributed by atoms with van der Waals surface area (Å²) in [6.07, 6.45) is -4.68. The molecule has 1 aromatic carbocycles. The zero-order valence-corrected chi connectivity index (χ0v) is 10.3. The van der Waals surface area contributed by atoms with Crippen molar-refractivity contribution < 1.29 is 55.9 Å². The van der Waals surface area contributed by atoms with Crippen molar-refractivity contribution in [2.45, 2.75) is 11.1 Å². The van der Waals surface area contributed by atoms with E-state index in [1.165, 1.54) is 0 Å². The monoisotopic (exact) mass is 250 g/mol. The first-order valence-electron chi connectivity index (χ1n) is 3.28. The Labute approximate surface area is 107 Å². The third-order valence-corrected chi connectivity index (χ3v) is 2.11. The van der Waals surface area contributed by atoms with Crippen molar-refractivity contribution in [3.8, 4) is 0 Å². The second-order valence-corrected chi connectivity index (χ2v) is 3.29. The molecule has 0 saturated heterocycles. The fraction of sp³-hybridized carbons (Fsp3) is 0.143. The van der Waals surface area contributed by atoms with Gasteiger partial charge in [0.15, 0.2) is 0 Å². The number of alkyl halides is 3. The topological polar surface area (TPSA) is 40.1 Å². The molecule has 0 bridgehead atoms. The van der Waals surface area contributed by atoms with Crippen LogP contribution in [0, 0.1) is 5.82 Å². The Morgan fingerprint density at radius 2 is 1.80 bits per heavy atom. The Balaban J connectivity index is 0.00000196. The SMILES string of the molecule is O=S([O-])c1cc(C(F)(F)F)ccc1F.[Na+]. The van der Waals surface area contributed by atoms with Gasteiger partial charge in [-0.05, 0) is 29.3 Å². The van der Waals surface area contributed by atoms with Crippen LogP contribution in [0.2, 0.25) is 0 Å². The third-order valence-electron chi connectivity index (χ3n) is 1.44. The van der Waals surface area contributed by atoms with E-state index in [1.54, 1.807) is 0 Å². The molecule has 15 heavy (non-hydrogen) atoms. The number of hydrogen-bond donors (Lipinski definition) is 0. The van der Waals surface area contributed by atoms with Gasteiger partial charge in [0.2, 0.25) is 0 Å². The van der Waals surface area contributed by atoms with Crippen molar-refractivity contribution in [1.29, 1.82) is 0 Å². The second-order valence-electron chi connectivity index (χ2n) is 2.38. The van der Waals surface area contributed by atoms with Crippen LogP contribution in [0.5, 0.6) is 0 Å². The molecule has 1 rings (SSSR count). The van der Waals surface area contributed by atoms with Crippen LogP contribution in [0.1, 0.15) is 5.56 Å². The van der Waals surface area contributed by atoms with Gasteiger partial charge in [0.05, 0.1) is 10.5 Å². The molecule has 0 aliphatic carbocycles. The molecule has 8 heteroatoms. The molecule has 78 valence electrons. The molecule has 2 nitrogen and oxygen atoms in total.